The molecule has 2 atom stereocenters. The van der Waals surface area contributed by atoms with E-state index in [4.69, 9.17) is 13.8 Å². The number of nitrogens with one attached hydrogen (secondary N) is 2. The number of ether oxygens (including phenoxy) is 1. The van der Waals surface area contributed by atoms with Gasteiger partial charge in [0.05, 0.1) is 0 Å². The zero-order valence-corrected chi connectivity index (χ0v) is 23.1. The maximum Gasteiger partial charge on any atom is 0.486 e. The second-order valence-electron chi connectivity index (χ2n) is 9.46. The Morgan fingerprint density at radius 2 is 1.44 bits per heavy atom. The van der Waals surface area contributed by atoms with Crippen LogP contribution in [0.15, 0.2) is 103 Å². The monoisotopic (exact) mass is 572 g/mol. The summed E-state index contributed by atoms with van der Waals surface area (Å²) < 4.78 is 29.1. The number of para-hydroxylation sites is 1. The number of aliphatic carboxylic acids is 1. The van der Waals surface area contributed by atoms with E-state index in [1.54, 1.807) is 48.5 Å². The van der Waals surface area contributed by atoms with Crippen LogP contribution in [0.3, 0.4) is 0 Å². The van der Waals surface area contributed by atoms with Crippen molar-refractivity contribution in [2.45, 2.75) is 18.4 Å². The van der Waals surface area contributed by atoms with Gasteiger partial charge in [0.1, 0.15) is 18.4 Å². The van der Waals surface area contributed by atoms with Crippen molar-refractivity contribution in [2.24, 2.45) is 0 Å². The van der Waals surface area contributed by atoms with Crippen LogP contribution < -0.4 is 14.9 Å². The van der Waals surface area contributed by atoms with Crippen LogP contribution in [0.2, 0.25) is 0 Å². The lowest BCUT2D eigenvalue weighted by Gasteiger charge is -2.19. The molecule has 0 bridgehead atoms. The number of rotatable bonds is 11. The Labute approximate surface area is 237 Å². The zero-order valence-electron chi connectivity index (χ0n) is 22.2. The van der Waals surface area contributed by atoms with Crippen LogP contribution in [-0.2, 0) is 25.0 Å². The van der Waals surface area contributed by atoms with Crippen LogP contribution in [0, 0.1) is 0 Å². The number of carboxylic acid groups (broad SMARTS) is 1. The number of fused-ring (bicyclic) bond motifs is 3. The molecule has 4 aromatic rings. The summed E-state index contributed by atoms with van der Waals surface area (Å²) in [6.07, 6.45) is -0.793. The smallest absolute Gasteiger partial charge is 0.480 e. The normalized spacial score (nSPS) is 14.2. The standard InChI is InChI=1S/C31H29N2O7P/c1-38-41(37,40-23-9-3-2-4-10-23)33-22-17-15-21(16-18-22)19-29(30(34)35)32-31(36)39-20-28-26-13-7-5-11-24(26)25-12-6-8-14-27(25)28/h2-18,28-29H,19-20H2,1H3,(H,32,36)(H,33,37)(H,34,35)/t29-,41?/m0/s1. The summed E-state index contributed by atoms with van der Waals surface area (Å²) in [5.41, 5.74) is 5.43. The molecule has 1 aliphatic carbocycles. The molecule has 4 aromatic carbocycles. The first-order chi connectivity index (χ1) is 19.8. The van der Waals surface area contributed by atoms with E-state index in [1.807, 2.05) is 54.6 Å². The largest absolute Gasteiger partial charge is 0.486 e. The molecule has 0 radical (unpaired) electrons. The first kappa shape index (κ1) is 28.0. The molecule has 41 heavy (non-hydrogen) atoms. The average Bonchev–Trinajstić information content (AvgIpc) is 3.30. The van der Waals surface area contributed by atoms with Crippen molar-refractivity contribution in [1.82, 2.24) is 5.32 Å². The zero-order chi connectivity index (χ0) is 28.8. The van der Waals surface area contributed by atoms with E-state index in [2.05, 4.69) is 10.4 Å². The Hall–Kier alpha value is -4.59. The van der Waals surface area contributed by atoms with E-state index in [9.17, 15) is 19.3 Å². The number of carbonyl (C=O) groups is 2. The summed E-state index contributed by atoms with van der Waals surface area (Å²) >= 11 is 0. The van der Waals surface area contributed by atoms with Crippen LogP contribution in [0.5, 0.6) is 5.75 Å². The summed E-state index contributed by atoms with van der Waals surface area (Å²) in [6.45, 7) is 0.0805. The first-order valence-electron chi connectivity index (χ1n) is 13.0. The van der Waals surface area contributed by atoms with Gasteiger partial charge in [-0.25, -0.2) is 14.2 Å². The van der Waals surface area contributed by atoms with Crippen molar-refractivity contribution in [3.05, 3.63) is 120 Å². The molecule has 1 unspecified atom stereocenters. The van der Waals surface area contributed by atoms with Crippen molar-refractivity contribution in [1.29, 1.82) is 0 Å². The number of alkyl carbamates (subject to hydrolysis) is 1. The topological polar surface area (TPSA) is 123 Å². The molecule has 0 aromatic heterocycles. The molecule has 0 saturated heterocycles. The van der Waals surface area contributed by atoms with Gasteiger partial charge in [-0.2, -0.15) is 0 Å². The quantitative estimate of drug-likeness (QED) is 0.175. The van der Waals surface area contributed by atoms with Gasteiger partial charge >= 0.3 is 19.8 Å². The van der Waals surface area contributed by atoms with E-state index < -0.39 is 25.9 Å². The van der Waals surface area contributed by atoms with Crippen molar-refractivity contribution >= 4 is 25.5 Å². The minimum atomic E-state index is -3.70. The highest BCUT2D eigenvalue weighted by Crippen LogP contribution is 2.47. The fourth-order valence-electron chi connectivity index (χ4n) is 4.82. The molecule has 0 saturated carbocycles. The molecule has 0 heterocycles. The van der Waals surface area contributed by atoms with Gasteiger partial charge in [0, 0.05) is 25.1 Å². The number of amides is 1. The van der Waals surface area contributed by atoms with Gasteiger partial charge in [-0.1, -0.05) is 78.9 Å². The highest BCUT2D eigenvalue weighted by atomic mass is 31.2. The van der Waals surface area contributed by atoms with E-state index in [1.165, 1.54) is 7.11 Å². The average molecular weight is 573 g/mol. The fraction of sp³-hybridized carbons (Fsp3) is 0.161. The van der Waals surface area contributed by atoms with Gasteiger partial charge in [0.25, 0.3) is 0 Å². The summed E-state index contributed by atoms with van der Waals surface area (Å²) in [5.74, 6) is -0.948. The summed E-state index contributed by atoms with van der Waals surface area (Å²) in [5, 5.41) is 15.0. The van der Waals surface area contributed by atoms with Gasteiger partial charge in [0.15, 0.2) is 0 Å². The number of carbonyl (C=O) groups excluding carboxylic acids is 1. The van der Waals surface area contributed by atoms with Gasteiger partial charge in [0.2, 0.25) is 0 Å². The van der Waals surface area contributed by atoms with E-state index in [0.717, 1.165) is 22.3 Å². The molecular formula is C31H29N2O7P. The van der Waals surface area contributed by atoms with E-state index in [-0.39, 0.29) is 18.9 Å². The van der Waals surface area contributed by atoms with Gasteiger partial charge in [-0.15, -0.1) is 0 Å². The minimum absolute atomic E-state index is 0.0161. The maximum absolute atomic E-state index is 13.0. The molecule has 0 fully saturated rings. The molecule has 210 valence electrons. The number of carboxylic acids is 1. The van der Waals surface area contributed by atoms with Crippen LogP contribution in [0.1, 0.15) is 22.6 Å². The third-order valence-electron chi connectivity index (χ3n) is 6.80. The second-order valence-corrected chi connectivity index (χ2v) is 11.2. The highest BCUT2D eigenvalue weighted by molar-refractivity contribution is 7.55. The SMILES string of the molecule is COP(=O)(Nc1ccc(C[C@H](NC(=O)OCC2c3ccccc3-c3ccccc32)C(=O)O)cc1)Oc1ccccc1. The van der Waals surface area contributed by atoms with Crippen molar-refractivity contribution in [3.8, 4) is 16.9 Å². The molecule has 1 amide bonds. The van der Waals surface area contributed by atoms with Crippen LogP contribution in [0.4, 0.5) is 10.5 Å². The van der Waals surface area contributed by atoms with Crippen LogP contribution in [0.25, 0.3) is 11.1 Å². The Morgan fingerprint density at radius 1 is 0.854 bits per heavy atom. The lowest BCUT2D eigenvalue weighted by molar-refractivity contribution is -0.139. The molecule has 1 aliphatic rings. The molecule has 0 spiro atoms. The molecule has 0 aliphatic heterocycles. The minimum Gasteiger partial charge on any atom is -0.480 e. The van der Waals surface area contributed by atoms with Crippen LogP contribution >= 0.6 is 7.75 Å². The van der Waals surface area contributed by atoms with E-state index >= 15 is 0 Å². The van der Waals surface area contributed by atoms with Gasteiger partial charge < -0.3 is 19.7 Å². The molecule has 3 N–H and O–H groups in total. The van der Waals surface area contributed by atoms with Gasteiger partial charge in [-0.05, 0) is 52.1 Å². The lowest BCUT2D eigenvalue weighted by Crippen LogP contribution is -2.42. The Kier molecular flexibility index (Phi) is 8.38. The number of hydrogen-bond donors (Lipinski definition) is 3. The van der Waals surface area contributed by atoms with E-state index in [0.29, 0.717) is 17.0 Å². The number of anilines is 1. The van der Waals surface area contributed by atoms with Crippen LogP contribution in [-0.4, -0.2) is 36.9 Å². The Balaban J connectivity index is 1.18. The Morgan fingerprint density at radius 3 is 2.02 bits per heavy atom. The molecule has 9 nitrogen and oxygen atoms in total. The summed E-state index contributed by atoms with van der Waals surface area (Å²) in [7, 11) is -2.42. The highest BCUT2D eigenvalue weighted by Gasteiger charge is 2.30. The predicted molar refractivity (Wildman–Crippen MR) is 155 cm³/mol. The Bertz CT molecular complexity index is 1530. The predicted octanol–water partition coefficient (Wildman–Crippen LogP) is 6.47. The third kappa shape index (κ3) is 6.60. The number of benzene rings is 4. The summed E-state index contributed by atoms with van der Waals surface area (Å²) in [6, 6.07) is 30.0. The first-order valence-corrected chi connectivity index (χ1v) is 14.5. The second kappa shape index (κ2) is 12.3. The maximum atomic E-state index is 13.0. The third-order valence-corrected chi connectivity index (χ3v) is 8.27. The molecule has 5 rings (SSSR count). The fourth-order valence-corrected chi connectivity index (χ4v) is 5.89. The van der Waals surface area contributed by atoms with Crippen molar-refractivity contribution in [3.63, 3.8) is 0 Å². The lowest BCUT2D eigenvalue weighted by atomic mass is 9.98. The number of hydrogen-bond acceptors (Lipinski definition) is 6. The van der Waals surface area contributed by atoms with Crippen molar-refractivity contribution < 1.29 is 33.0 Å². The molecular weight excluding hydrogens is 543 g/mol. The van der Waals surface area contributed by atoms with Gasteiger partial charge in [-0.3, -0.25) is 9.61 Å². The molecule has 10 heteroatoms. The summed E-state index contributed by atoms with van der Waals surface area (Å²) in [4.78, 5) is 24.6. The van der Waals surface area contributed by atoms with Crippen molar-refractivity contribution in [2.75, 3.05) is 18.8 Å².